The number of carbonyl (C=O) groups excluding carboxylic acids is 1. The topological polar surface area (TPSA) is 56.1 Å². The van der Waals surface area contributed by atoms with Gasteiger partial charge in [-0.2, -0.15) is 18.2 Å². The van der Waals surface area contributed by atoms with Crippen LogP contribution in [0.4, 0.5) is 24.8 Å². The van der Waals surface area contributed by atoms with Crippen molar-refractivity contribution in [1.29, 1.82) is 0 Å². The van der Waals surface area contributed by atoms with Crippen molar-refractivity contribution in [2.45, 2.75) is 53.0 Å². The third-order valence-corrected chi connectivity index (χ3v) is 6.14. The summed E-state index contributed by atoms with van der Waals surface area (Å²) in [5, 5.41) is 3.50. The molecule has 1 aromatic heterocycles. The van der Waals surface area contributed by atoms with E-state index < -0.39 is 6.68 Å². The minimum absolute atomic E-state index is 0. The average Bonchev–Trinajstić information content (AvgIpc) is 3.08. The van der Waals surface area contributed by atoms with Crippen molar-refractivity contribution < 1.29 is 53.8 Å². The summed E-state index contributed by atoms with van der Waals surface area (Å²) in [6.07, 6.45) is 3.45. The molecule has 2 aromatic carbocycles. The summed E-state index contributed by atoms with van der Waals surface area (Å²) in [6, 6.07) is 15.1. The molecule has 9 heteroatoms. The van der Waals surface area contributed by atoms with Crippen LogP contribution < -0.4 is 5.32 Å². The van der Waals surface area contributed by atoms with Crippen molar-refractivity contribution in [3.05, 3.63) is 60.3 Å². The number of imidazole rings is 1. The van der Waals surface area contributed by atoms with Crippen LogP contribution in [0, 0.1) is 62.1 Å². The first-order valence-corrected chi connectivity index (χ1v) is 11.2. The number of benzene rings is 2. The number of nitrogens with zero attached hydrogens (tertiary/aromatic N) is 2. The molecule has 2 atom stereocenters. The van der Waals surface area contributed by atoms with Crippen molar-refractivity contribution >= 4 is 28.6 Å². The van der Waals surface area contributed by atoms with Crippen LogP contribution in [0.25, 0.3) is 11.0 Å². The zero-order chi connectivity index (χ0) is 25.0. The van der Waals surface area contributed by atoms with Crippen molar-refractivity contribution in [1.82, 2.24) is 9.55 Å². The Balaban J connectivity index is 0.000000804. The molecule has 0 bridgehead atoms. The van der Waals surface area contributed by atoms with Crippen LogP contribution in [0.5, 0.6) is 0 Å². The van der Waals surface area contributed by atoms with Gasteiger partial charge >= 0.3 is 37.1 Å². The van der Waals surface area contributed by atoms with E-state index in [4.69, 9.17) is 9.72 Å². The Labute approximate surface area is 228 Å². The first-order valence-electron chi connectivity index (χ1n) is 11.2. The van der Waals surface area contributed by atoms with E-state index in [-0.39, 0.29) is 42.5 Å². The fraction of sp³-hybridized carbons (Fsp3) is 0.423. The van der Waals surface area contributed by atoms with Gasteiger partial charge in [-0.3, -0.25) is 0 Å². The summed E-state index contributed by atoms with van der Waals surface area (Å²) >= 11 is 0. The summed E-state index contributed by atoms with van der Waals surface area (Å²) in [5.41, 5.74) is 4.58. The number of rotatable bonds is 4. The van der Waals surface area contributed by atoms with E-state index in [0.717, 1.165) is 41.1 Å². The normalized spacial score (nSPS) is 18.9. The largest absolute Gasteiger partial charge is 2.00 e. The van der Waals surface area contributed by atoms with Gasteiger partial charge < -0.3 is 27.8 Å². The molecule has 0 saturated heterocycles. The zero-order valence-electron chi connectivity index (χ0n) is 20.6. The number of fused-ring (bicyclic) bond motifs is 1. The van der Waals surface area contributed by atoms with Gasteiger partial charge in [0.25, 0.3) is 0 Å². The third-order valence-electron chi connectivity index (χ3n) is 6.14. The molecule has 1 fully saturated rings. The van der Waals surface area contributed by atoms with E-state index in [9.17, 15) is 18.0 Å². The fourth-order valence-corrected chi connectivity index (χ4v) is 5.13. The molecule has 0 amide bonds. The standard InChI is InChI=1S/C25H30N3O2.CF3.U/c1-16-11-19(15-25(3,4)14-16)28-22-12-17(2)20(23(29)30-5)13-21(22)27-24(28)26-18-9-7-6-8-10-18;2-1(3)4;/h7-10,12-13,16,19H,11,14-15H2,1-5H3,(H,26,27);;/q2*-1;+2/t16-,19+;;/m1../s1. The number of carbonyl (C=O) groups is 1. The maximum absolute atomic E-state index is 12.2. The molecule has 0 radical (unpaired) electrons. The second kappa shape index (κ2) is 12.3. The summed E-state index contributed by atoms with van der Waals surface area (Å²) < 4.78 is 36.1. The number of methoxy groups -OCH3 is 1. The number of ether oxygens (including phenoxy) is 1. The van der Waals surface area contributed by atoms with E-state index in [1.165, 1.54) is 13.5 Å². The molecule has 5 nitrogen and oxygen atoms in total. The number of halogens is 3. The molecule has 3 aromatic rings. The number of hydrogen-bond acceptors (Lipinski definition) is 4. The van der Waals surface area contributed by atoms with Gasteiger partial charge in [-0.05, 0) is 55.2 Å². The molecule has 1 saturated carbocycles. The van der Waals surface area contributed by atoms with Gasteiger partial charge in [0.1, 0.15) is 0 Å². The molecule has 0 spiro atoms. The molecule has 1 aliphatic rings. The van der Waals surface area contributed by atoms with Crippen molar-refractivity contribution in [3.8, 4) is 0 Å². The van der Waals surface area contributed by atoms with Crippen molar-refractivity contribution in [2.75, 3.05) is 12.4 Å². The number of aryl methyl sites for hydroxylation is 1. The molecule has 0 aliphatic heterocycles. The monoisotopic (exact) mass is 711 g/mol. The molecule has 1 aliphatic carbocycles. The van der Waals surface area contributed by atoms with Gasteiger partial charge in [-0.25, -0.2) is 9.78 Å². The van der Waals surface area contributed by atoms with Crippen LogP contribution >= 0.6 is 0 Å². The number of hydrogen-bond donors (Lipinski definition) is 1. The van der Waals surface area contributed by atoms with Crippen LogP contribution in [-0.2, 0) is 4.74 Å². The second-order valence-corrected chi connectivity index (χ2v) is 9.65. The second-order valence-electron chi connectivity index (χ2n) is 9.65. The molecule has 4 rings (SSSR count). The average molecular weight is 712 g/mol. The van der Waals surface area contributed by atoms with E-state index >= 15 is 0 Å². The molecule has 35 heavy (non-hydrogen) atoms. The maximum atomic E-state index is 12.2. The van der Waals surface area contributed by atoms with Crippen LogP contribution in [-0.4, -0.2) is 22.6 Å². The molecule has 186 valence electrons. The molecule has 1 N–H and O–H groups in total. The van der Waals surface area contributed by atoms with Crippen molar-refractivity contribution in [3.63, 3.8) is 0 Å². The third kappa shape index (κ3) is 7.50. The summed E-state index contributed by atoms with van der Waals surface area (Å²) in [6.45, 7) is 5.93. The minimum Gasteiger partial charge on any atom is -0.465 e. The number of nitrogens with one attached hydrogen (secondary N) is 1. The van der Waals surface area contributed by atoms with Crippen LogP contribution in [0.15, 0.2) is 36.4 Å². The minimum atomic E-state index is -3.08. The fourth-order valence-electron chi connectivity index (χ4n) is 5.13. The number of aromatic nitrogens is 2. The van der Waals surface area contributed by atoms with Crippen LogP contribution in [0.1, 0.15) is 62.0 Å². The number of esters is 1. The smallest absolute Gasteiger partial charge is 0.465 e. The van der Waals surface area contributed by atoms with E-state index in [0.29, 0.717) is 17.5 Å². The van der Waals surface area contributed by atoms with E-state index in [2.05, 4.69) is 42.8 Å². The van der Waals surface area contributed by atoms with Gasteiger partial charge in [-0.1, -0.05) is 26.5 Å². The first-order chi connectivity index (χ1) is 16.0. The SMILES string of the molecule is COC(=O)c1cc2nc(Nc3cc[c-]cc3)n([C@H]3C[C@@H](C)CC(C)(C)C3)c2cc1C.F[C-](F)F.[U+2]. The van der Waals surface area contributed by atoms with Gasteiger partial charge in [-0.15, -0.1) is 12.1 Å². The summed E-state index contributed by atoms with van der Waals surface area (Å²) in [5.74, 6) is 1.13. The number of anilines is 2. The quantitative estimate of drug-likeness (QED) is 0.227. The predicted molar refractivity (Wildman–Crippen MR) is 127 cm³/mol. The van der Waals surface area contributed by atoms with Gasteiger partial charge in [0.15, 0.2) is 6.68 Å². The maximum Gasteiger partial charge on any atom is 2.00 e. The Morgan fingerprint density at radius 3 is 2.43 bits per heavy atom. The van der Waals surface area contributed by atoms with Gasteiger partial charge in [0.2, 0.25) is 5.95 Å². The van der Waals surface area contributed by atoms with Crippen LogP contribution in [0.2, 0.25) is 0 Å². The van der Waals surface area contributed by atoms with E-state index in [1.54, 1.807) is 0 Å². The molecule has 1 heterocycles. The predicted octanol–water partition coefficient (Wildman–Crippen LogP) is 7.40. The molecular formula is C26H30F3N3O2U. The first kappa shape index (κ1) is 29.3. The molecule has 0 unspecified atom stereocenters. The Kier molecular flexibility index (Phi) is 10.3. The van der Waals surface area contributed by atoms with Crippen LogP contribution in [0.3, 0.4) is 0 Å². The van der Waals surface area contributed by atoms with Gasteiger partial charge in [0.05, 0.1) is 23.7 Å². The summed E-state index contributed by atoms with van der Waals surface area (Å²) in [4.78, 5) is 17.1. The van der Waals surface area contributed by atoms with Crippen molar-refractivity contribution in [2.24, 2.45) is 11.3 Å². The Morgan fingerprint density at radius 2 is 1.86 bits per heavy atom. The Bertz CT molecular complexity index is 1130. The Morgan fingerprint density at radius 1 is 1.23 bits per heavy atom. The zero-order valence-corrected chi connectivity index (χ0v) is 24.7. The summed E-state index contributed by atoms with van der Waals surface area (Å²) in [7, 11) is 1.41. The molecular weight excluding hydrogens is 681 g/mol. The van der Waals surface area contributed by atoms with Gasteiger partial charge in [0, 0.05) is 6.04 Å². The van der Waals surface area contributed by atoms with E-state index in [1.807, 2.05) is 37.3 Å². The Hall–Kier alpha value is -1.98.